The summed E-state index contributed by atoms with van der Waals surface area (Å²) in [5, 5.41) is 0. The highest BCUT2D eigenvalue weighted by Crippen LogP contribution is 2.24. The summed E-state index contributed by atoms with van der Waals surface area (Å²) in [6.45, 7) is 7.94. The van der Waals surface area contributed by atoms with E-state index in [9.17, 15) is 0 Å². The minimum Gasteiger partial charge on any atom is -0.265 e. The Hall–Kier alpha value is -0.850. The van der Waals surface area contributed by atoms with Gasteiger partial charge < -0.3 is 0 Å². The molecule has 0 saturated carbocycles. The van der Waals surface area contributed by atoms with Crippen molar-refractivity contribution in [3.05, 3.63) is 23.4 Å². The zero-order valence-corrected chi connectivity index (χ0v) is 7.30. The van der Waals surface area contributed by atoms with Crippen LogP contribution in [0.2, 0.25) is 0 Å². The molecule has 1 aliphatic rings. The van der Waals surface area contributed by atoms with Crippen LogP contribution in [0.1, 0.15) is 26.7 Å². The van der Waals surface area contributed by atoms with Crippen molar-refractivity contribution in [1.82, 2.24) is 0 Å². The van der Waals surface area contributed by atoms with Crippen molar-refractivity contribution >= 4 is 6.72 Å². The lowest BCUT2D eigenvalue weighted by atomic mass is 9.98. The lowest BCUT2D eigenvalue weighted by Gasteiger charge is -2.09. The summed E-state index contributed by atoms with van der Waals surface area (Å²) in [5.74, 6) is 0.658. The van der Waals surface area contributed by atoms with Crippen LogP contribution in [0.3, 0.4) is 0 Å². The van der Waals surface area contributed by atoms with Crippen molar-refractivity contribution in [3.63, 3.8) is 0 Å². The molecule has 1 aliphatic carbocycles. The summed E-state index contributed by atoms with van der Waals surface area (Å²) < 4.78 is 0. The van der Waals surface area contributed by atoms with Crippen molar-refractivity contribution in [3.8, 4) is 0 Å². The molecule has 60 valence electrons. The topological polar surface area (TPSA) is 12.4 Å². The first-order chi connectivity index (χ1) is 5.25. The van der Waals surface area contributed by atoms with Crippen LogP contribution in [0.15, 0.2) is 28.4 Å². The summed E-state index contributed by atoms with van der Waals surface area (Å²) in [6, 6.07) is 0. The van der Waals surface area contributed by atoms with E-state index in [1.165, 1.54) is 12.0 Å². The van der Waals surface area contributed by atoms with Gasteiger partial charge in [-0.1, -0.05) is 13.0 Å². The fourth-order valence-electron chi connectivity index (χ4n) is 1.32. The van der Waals surface area contributed by atoms with Crippen LogP contribution < -0.4 is 0 Å². The summed E-state index contributed by atoms with van der Waals surface area (Å²) in [7, 11) is 0. The summed E-state index contributed by atoms with van der Waals surface area (Å²) >= 11 is 0. The molecule has 0 aromatic rings. The van der Waals surface area contributed by atoms with Gasteiger partial charge in [0.15, 0.2) is 0 Å². The summed E-state index contributed by atoms with van der Waals surface area (Å²) in [5.41, 5.74) is 2.43. The smallest absolute Gasteiger partial charge is 0.0611 e. The van der Waals surface area contributed by atoms with Crippen molar-refractivity contribution < 1.29 is 0 Å². The summed E-state index contributed by atoms with van der Waals surface area (Å²) in [6.07, 6.45) is 6.65. The number of allylic oxidation sites excluding steroid dienone is 3. The number of hydrogen-bond donors (Lipinski definition) is 0. The molecule has 0 fully saturated rings. The fourth-order valence-corrected chi connectivity index (χ4v) is 1.32. The Morgan fingerprint density at radius 3 is 3.00 bits per heavy atom. The lowest BCUT2D eigenvalue weighted by molar-refractivity contribution is 0.623. The Kier molecular flexibility index (Phi) is 2.64. The molecule has 1 unspecified atom stereocenters. The van der Waals surface area contributed by atoms with E-state index in [4.69, 9.17) is 0 Å². The molecular weight excluding hydrogens is 134 g/mol. The first-order valence-electron chi connectivity index (χ1n) is 4.09. The predicted octanol–water partition coefficient (Wildman–Crippen LogP) is 2.95. The second-order valence-electron chi connectivity index (χ2n) is 3.11. The Morgan fingerprint density at radius 1 is 1.64 bits per heavy atom. The van der Waals surface area contributed by atoms with E-state index >= 15 is 0 Å². The SMILES string of the molecule is C=NC1=C(C)C(C)CCC=C1. The van der Waals surface area contributed by atoms with Gasteiger partial charge in [0.2, 0.25) is 0 Å². The van der Waals surface area contributed by atoms with Crippen LogP contribution in [0, 0.1) is 5.92 Å². The van der Waals surface area contributed by atoms with Crippen molar-refractivity contribution in [2.75, 3.05) is 0 Å². The van der Waals surface area contributed by atoms with Gasteiger partial charge in [-0.15, -0.1) is 0 Å². The maximum atomic E-state index is 3.98. The number of rotatable bonds is 1. The largest absolute Gasteiger partial charge is 0.265 e. The number of hydrogen-bond acceptors (Lipinski definition) is 1. The quantitative estimate of drug-likeness (QED) is 0.508. The van der Waals surface area contributed by atoms with E-state index in [0.29, 0.717) is 5.92 Å². The molecule has 0 N–H and O–H groups in total. The van der Waals surface area contributed by atoms with E-state index in [0.717, 1.165) is 12.1 Å². The van der Waals surface area contributed by atoms with Gasteiger partial charge in [0, 0.05) is 0 Å². The number of aliphatic imine (C=N–C) groups is 1. The molecule has 1 heteroatoms. The predicted molar refractivity (Wildman–Crippen MR) is 49.8 cm³/mol. The molecule has 1 rings (SSSR count). The maximum absolute atomic E-state index is 3.98. The van der Waals surface area contributed by atoms with E-state index in [-0.39, 0.29) is 0 Å². The van der Waals surface area contributed by atoms with Gasteiger partial charge in [-0.05, 0) is 44.0 Å². The highest BCUT2D eigenvalue weighted by Gasteiger charge is 2.09. The van der Waals surface area contributed by atoms with Gasteiger partial charge in [-0.25, -0.2) is 0 Å². The van der Waals surface area contributed by atoms with Crippen LogP contribution in [0.25, 0.3) is 0 Å². The minimum absolute atomic E-state index is 0.658. The average molecular weight is 149 g/mol. The van der Waals surface area contributed by atoms with Gasteiger partial charge in [0.25, 0.3) is 0 Å². The molecule has 0 saturated heterocycles. The van der Waals surface area contributed by atoms with Gasteiger partial charge >= 0.3 is 0 Å². The molecule has 1 atom stereocenters. The van der Waals surface area contributed by atoms with E-state index in [1.54, 1.807) is 0 Å². The van der Waals surface area contributed by atoms with Gasteiger partial charge in [-0.2, -0.15) is 0 Å². The lowest BCUT2D eigenvalue weighted by Crippen LogP contribution is -1.95. The molecule has 0 aliphatic heterocycles. The average Bonchev–Trinajstić information content (AvgIpc) is 2.16. The zero-order chi connectivity index (χ0) is 8.27. The first-order valence-corrected chi connectivity index (χ1v) is 4.09. The molecule has 1 nitrogen and oxygen atoms in total. The fraction of sp³-hybridized carbons (Fsp3) is 0.500. The van der Waals surface area contributed by atoms with Crippen LogP contribution in [0.4, 0.5) is 0 Å². The third-order valence-electron chi connectivity index (χ3n) is 2.36. The van der Waals surface area contributed by atoms with Crippen molar-refractivity contribution in [2.24, 2.45) is 10.9 Å². The Bertz CT molecular complexity index is 211. The number of nitrogens with zero attached hydrogens (tertiary/aromatic N) is 1. The molecule has 0 heterocycles. The monoisotopic (exact) mass is 149 g/mol. The van der Waals surface area contributed by atoms with Crippen LogP contribution in [-0.4, -0.2) is 6.72 Å². The second-order valence-corrected chi connectivity index (χ2v) is 3.11. The van der Waals surface area contributed by atoms with Crippen LogP contribution >= 0.6 is 0 Å². The third kappa shape index (κ3) is 1.79. The van der Waals surface area contributed by atoms with Crippen LogP contribution in [0.5, 0.6) is 0 Å². The van der Waals surface area contributed by atoms with Gasteiger partial charge in [0.1, 0.15) is 0 Å². The first kappa shape index (κ1) is 8.25. The Balaban J connectivity index is 2.93. The molecular formula is C10H15N. The normalized spacial score (nSPS) is 25.1. The van der Waals surface area contributed by atoms with Crippen molar-refractivity contribution in [1.29, 1.82) is 0 Å². The van der Waals surface area contributed by atoms with Crippen molar-refractivity contribution in [2.45, 2.75) is 26.7 Å². The zero-order valence-electron chi connectivity index (χ0n) is 7.30. The molecule has 0 spiro atoms. The molecule has 0 radical (unpaired) electrons. The Morgan fingerprint density at radius 2 is 2.36 bits per heavy atom. The third-order valence-corrected chi connectivity index (χ3v) is 2.36. The highest BCUT2D eigenvalue weighted by molar-refractivity contribution is 5.36. The summed E-state index contributed by atoms with van der Waals surface area (Å²) in [4.78, 5) is 3.98. The van der Waals surface area contributed by atoms with Gasteiger partial charge in [0.05, 0.1) is 5.70 Å². The maximum Gasteiger partial charge on any atom is 0.0611 e. The Labute approximate surface area is 68.5 Å². The van der Waals surface area contributed by atoms with Gasteiger partial charge in [-0.3, -0.25) is 4.99 Å². The minimum atomic E-state index is 0.658. The van der Waals surface area contributed by atoms with Crippen LogP contribution in [-0.2, 0) is 0 Å². The molecule has 0 amide bonds. The second kappa shape index (κ2) is 3.51. The molecule has 0 aromatic carbocycles. The molecule has 0 bridgehead atoms. The molecule has 0 aromatic heterocycles. The molecule has 11 heavy (non-hydrogen) atoms. The van der Waals surface area contributed by atoms with E-state index < -0.39 is 0 Å². The van der Waals surface area contributed by atoms with E-state index in [2.05, 4.69) is 37.7 Å². The van der Waals surface area contributed by atoms with E-state index in [1.807, 2.05) is 0 Å². The standard InChI is InChI=1S/C10H15N/c1-8-6-4-5-7-10(11-3)9(8)2/h5,7-8H,3-4,6H2,1-2H3. The highest BCUT2D eigenvalue weighted by atomic mass is 14.7.